The van der Waals surface area contributed by atoms with Crippen LogP contribution in [0.4, 0.5) is 13.2 Å². The van der Waals surface area contributed by atoms with Crippen LogP contribution in [0.25, 0.3) is 0 Å². The van der Waals surface area contributed by atoms with E-state index in [2.05, 4.69) is 5.10 Å². The summed E-state index contributed by atoms with van der Waals surface area (Å²) in [7, 11) is -5.22. The van der Waals surface area contributed by atoms with Gasteiger partial charge in [0, 0.05) is 16.1 Å². The molecule has 0 spiro atoms. The summed E-state index contributed by atoms with van der Waals surface area (Å²) in [6.07, 6.45) is 0. The Bertz CT molecular complexity index is 846. The van der Waals surface area contributed by atoms with Crippen LogP contribution >= 0.6 is 11.6 Å². The van der Waals surface area contributed by atoms with Crippen LogP contribution in [0.15, 0.2) is 53.6 Å². The smallest absolute Gasteiger partial charge is 0.323 e. The van der Waals surface area contributed by atoms with Gasteiger partial charge in [0.2, 0.25) is 0 Å². The molecule has 2 rings (SSSR count). The molecule has 0 radical (unpaired) electrons. The predicted octanol–water partition coefficient (Wildman–Crippen LogP) is 3.49. The van der Waals surface area contributed by atoms with E-state index >= 15 is 0 Å². The van der Waals surface area contributed by atoms with E-state index in [1.54, 1.807) is 24.3 Å². The van der Waals surface area contributed by atoms with Gasteiger partial charge in [0.05, 0.1) is 11.5 Å². The topological polar surface area (TPSA) is 72.5 Å². The lowest BCUT2D eigenvalue weighted by Gasteiger charge is -2.09. The zero-order chi connectivity index (χ0) is 18.0. The average molecular weight is 377 g/mol. The molecule has 0 aliphatic rings. The van der Waals surface area contributed by atoms with Crippen molar-refractivity contribution in [3.05, 3.63) is 70.2 Å². The van der Waals surface area contributed by atoms with Crippen molar-refractivity contribution in [2.45, 2.75) is 11.3 Å². The summed E-state index contributed by atoms with van der Waals surface area (Å²) in [6.45, 7) is 0. The highest BCUT2D eigenvalue weighted by molar-refractivity contribution is 7.91. The van der Waals surface area contributed by atoms with Crippen molar-refractivity contribution in [3.63, 3.8) is 0 Å². The van der Waals surface area contributed by atoms with Gasteiger partial charge < -0.3 is 5.84 Å². The molecule has 9 heteroatoms. The molecule has 2 aromatic carbocycles. The van der Waals surface area contributed by atoms with Crippen molar-refractivity contribution >= 4 is 27.1 Å². The molecule has 4 nitrogen and oxygen atoms in total. The van der Waals surface area contributed by atoms with Gasteiger partial charge in [-0.15, -0.1) is 0 Å². The zero-order valence-electron chi connectivity index (χ0n) is 12.1. The van der Waals surface area contributed by atoms with Crippen LogP contribution in [0, 0.1) is 0 Å². The van der Waals surface area contributed by atoms with Crippen LogP contribution in [-0.4, -0.2) is 19.6 Å². The Balaban J connectivity index is 2.27. The maximum atomic E-state index is 12.4. The molecular formula is C15H12ClF3N2O2S. The minimum absolute atomic E-state index is 0.0172. The highest BCUT2D eigenvalue weighted by Gasteiger charge is 2.45. The largest absolute Gasteiger partial charge is 0.497 e. The third kappa shape index (κ3) is 4.07. The lowest BCUT2D eigenvalue weighted by atomic mass is 10.0. The summed E-state index contributed by atoms with van der Waals surface area (Å²) >= 11 is 5.80. The normalized spacial score (nSPS) is 13.1. The van der Waals surface area contributed by atoms with Crippen molar-refractivity contribution in [2.75, 3.05) is 0 Å². The quantitative estimate of drug-likeness (QED) is 0.504. The second-order valence-electron chi connectivity index (χ2n) is 4.89. The molecule has 24 heavy (non-hydrogen) atoms. The Labute approximate surface area is 141 Å². The number of benzene rings is 2. The zero-order valence-corrected chi connectivity index (χ0v) is 13.7. The van der Waals surface area contributed by atoms with Gasteiger partial charge in [-0.05, 0) is 17.7 Å². The fourth-order valence-corrected chi connectivity index (χ4v) is 2.90. The number of nitrogens with two attached hydrogens (primary N) is 1. The van der Waals surface area contributed by atoms with Crippen LogP contribution in [0.2, 0.25) is 5.02 Å². The van der Waals surface area contributed by atoms with Gasteiger partial charge in [-0.2, -0.15) is 18.3 Å². The first-order valence-corrected chi connectivity index (χ1v) is 8.59. The molecule has 128 valence electrons. The van der Waals surface area contributed by atoms with Gasteiger partial charge >= 0.3 is 5.51 Å². The number of alkyl halides is 3. The summed E-state index contributed by atoms with van der Waals surface area (Å²) in [6, 6.07) is 12.2. The molecule has 0 amide bonds. The molecule has 0 atom stereocenters. The van der Waals surface area contributed by atoms with Crippen molar-refractivity contribution in [2.24, 2.45) is 10.9 Å². The predicted molar refractivity (Wildman–Crippen MR) is 86.4 cm³/mol. The van der Waals surface area contributed by atoms with Crippen molar-refractivity contribution in [1.29, 1.82) is 0 Å². The number of hydrogen-bond acceptors (Lipinski definition) is 4. The summed E-state index contributed by atoms with van der Waals surface area (Å²) in [5.74, 6) is 4.26. The van der Waals surface area contributed by atoms with Gasteiger partial charge in [-0.1, -0.05) is 48.0 Å². The molecule has 0 aliphatic heterocycles. The molecule has 0 aliphatic carbocycles. The third-order valence-electron chi connectivity index (χ3n) is 3.18. The summed E-state index contributed by atoms with van der Waals surface area (Å²) in [5, 5.41) is 4.21. The van der Waals surface area contributed by atoms with E-state index in [0.717, 1.165) is 0 Å². The Kier molecular flexibility index (Phi) is 5.19. The molecule has 0 saturated heterocycles. The number of rotatable bonds is 4. The second-order valence-corrected chi connectivity index (χ2v) is 7.30. The molecule has 0 saturated carbocycles. The second kappa shape index (κ2) is 6.82. The SMILES string of the molecule is NN=C(c1ccc(Cl)cc1)c1ccc(CS(=O)(=O)C(F)(F)F)cc1. The fraction of sp³-hybridized carbons (Fsp3) is 0.133. The van der Waals surface area contributed by atoms with Crippen LogP contribution in [0.3, 0.4) is 0 Å². The van der Waals surface area contributed by atoms with Crippen molar-refractivity contribution in [3.8, 4) is 0 Å². The van der Waals surface area contributed by atoms with Gasteiger partial charge in [0.25, 0.3) is 9.84 Å². The van der Waals surface area contributed by atoms with Crippen molar-refractivity contribution < 1.29 is 21.6 Å². The summed E-state index contributed by atoms with van der Waals surface area (Å²) in [5.41, 5.74) is -3.66. The molecule has 0 fully saturated rings. The highest BCUT2D eigenvalue weighted by atomic mass is 35.5. The maximum absolute atomic E-state index is 12.4. The average Bonchev–Trinajstić information content (AvgIpc) is 2.50. The number of nitrogens with zero attached hydrogens (tertiary/aromatic N) is 1. The van der Waals surface area contributed by atoms with Gasteiger partial charge in [-0.3, -0.25) is 0 Å². The maximum Gasteiger partial charge on any atom is 0.497 e. The fourth-order valence-electron chi connectivity index (χ4n) is 1.98. The van der Waals surface area contributed by atoms with Crippen LogP contribution in [-0.2, 0) is 15.6 Å². The van der Waals surface area contributed by atoms with Crippen molar-refractivity contribution in [1.82, 2.24) is 0 Å². The Morgan fingerprint density at radius 1 is 1.00 bits per heavy atom. The molecular weight excluding hydrogens is 365 g/mol. The van der Waals surface area contributed by atoms with E-state index in [0.29, 0.717) is 21.9 Å². The minimum Gasteiger partial charge on any atom is -0.323 e. The van der Waals surface area contributed by atoms with Gasteiger partial charge in [0.1, 0.15) is 0 Å². The molecule has 0 bridgehead atoms. The van der Waals surface area contributed by atoms with E-state index in [1.165, 1.54) is 24.3 Å². The number of sulfone groups is 1. The first-order chi connectivity index (χ1) is 11.1. The standard InChI is InChI=1S/C15H12ClF3N2O2S/c16-13-7-5-12(6-8-13)14(21-20)11-3-1-10(2-4-11)9-24(22,23)15(17,18)19/h1-8H,9,20H2. The van der Waals surface area contributed by atoms with E-state index in [-0.39, 0.29) is 5.56 Å². The van der Waals surface area contributed by atoms with Crippen LogP contribution < -0.4 is 5.84 Å². The van der Waals surface area contributed by atoms with E-state index < -0.39 is 21.1 Å². The monoisotopic (exact) mass is 376 g/mol. The summed E-state index contributed by atoms with van der Waals surface area (Å²) in [4.78, 5) is 0. The summed E-state index contributed by atoms with van der Waals surface area (Å²) < 4.78 is 59.5. The molecule has 0 aromatic heterocycles. The number of hydrogen-bond donors (Lipinski definition) is 1. The van der Waals surface area contributed by atoms with Crippen LogP contribution in [0.1, 0.15) is 16.7 Å². The molecule has 2 N–H and O–H groups in total. The Morgan fingerprint density at radius 2 is 1.46 bits per heavy atom. The van der Waals surface area contributed by atoms with Gasteiger partial charge in [0.15, 0.2) is 0 Å². The van der Waals surface area contributed by atoms with Crippen LogP contribution in [0.5, 0.6) is 0 Å². The molecule has 0 heterocycles. The Morgan fingerprint density at radius 3 is 1.88 bits per heavy atom. The Hall–Kier alpha value is -2.06. The van der Waals surface area contributed by atoms with E-state index in [1.807, 2.05) is 0 Å². The number of halogens is 4. The number of hydrazone groups is 1. The molecule has 0 unspecified atom stereocenters. The first-order valence-electron chi connectivity index (χ1n) is 6.56. The van der Waals surface area contributed by atoms with Gasteiger partial charge in [-0.25, -0.2) is 8.42 Å². The lowest BCUT2D eigenvalue weighted by molar-refractivity contribution is -0.0437. The minimum atomic E-state index is -5.28. The highest BCUT2D eigenvalue weighted by Crippen LogP contribution is 2.27. The van der Waals surface area contributed by atoms with E-state index in [4.69, 9.17) is 17.4 Å². The molecule has 2 aromatic rings. The first kappa shape index (κ1) is 18.3. The van der Waals surface area contributed by atoms with E-state index in [9.17, 15) is 21.6 Å². The third-order valence-corrected chi connectivity index (χ3v) is 4.85. The lowest BCUT2D eigenvalue weighted by Crippen LogP contribution is -2.24.